The number of rotatable bonds is 7. The van der Waals surface area contributed by atoms with Crippen LogP contribution in [-0.4, -0.2) is 23.9 Å². The van der Waals surface area contributed by atoms with E-state index in [2.05, 4.69) is 23.3 Å². The fraction of sp³-hybridized carbons (Fsp3) is 0.182. The second-order valence-corrected chi connectivity index (χ2v) is 11.6. The van der Waals surface area contributed by atoms with Crippen LogP contribution in [-0.2, 0) is 10.2 Å². The van der Waals surface area contributed by atoms with E-state index in [9.17, 15) is 14.9 Å². The number of hydrogen-bond donors (Lipinski definition) is 3. The highest BCUT2D eigenvalue weighted by Gasteiger charge is 2.60. The second-order valence-electron chi connectivity index (χ2n) is 10.7. The molecule has 6 nitrogen and oxygen atoms in total. The molecule has 1 heterocycles. The first-order valence-electron chi connectivity index (χ1n) is 13.3. The zero-order valence-electron chi connectivity index (χ0n) is 22.9. The number of nitrogens with zero attached hydrogens (tertiary/aromatic N) is 1. The fourth-order valence-corrected chi connectivity index (χ4v) is 6.33. The van der Waals surface area contributed by atoms with Crippen LogP contribution in [0.15, 0.2) is 84.9 Å². The predicted octanol–water partition coefficient (Wildman–Crippen LogP) is 7.01. The molecular weight excluding hydrogens is 593 g/mol. The van der Waals surface area contributed by atoms with Crippen molar-refractivity contribution in [1.82, 2.24) is 5.32 Å². The molecule has 4 atom stereocenters. The third kappa shape index (κ3) is 5.48. The summed E-state index contributed by atoms with van der Waals surface area (Å²) in [5.41, 5.74) is 5.00. The van der Waals surface area contributed by atoms with Gasteiger partial charge in [-0.3, -0.25) is 9.59 Å². The number of fused-ring (bicyclic) bond motifs is 1. The maximum atomic E-state index is 15.8. The van der Waals surface area contributed by atoms with E-state index in [1.54, 1.807) is 43.3 Å². The molecule has 1 fully saturated rings. The number of halogens is 4. The van der Waals surface area contributed by atoms with Crippen LogP contribution in [0.25, 0.3) is 10.8 Å². The highest BCUT2D eigenvalue weighted by Crippen LogP contribution is 2.52. The standard InChI is InChI=1S/C33H26Cl2F2N4O2/c1-17(2)12-27-33(16-38,24-11-9-21(34)15-26(24)36)28(23-4-3-5-25(35)29(23)37)30(41-27)32(43)40-22-10-8-18-13-20(31(39)42)7-6-19(18)14-22/h3-11,13-15,27-28,30,41H,1,12H2,2H3,(H2,39,42)(H,40,43)/t27-,28-,30+,33-/m0/s1. The smallest absolute Gasteiger partial charge is 0.248 e. The van der Waals surface area contributed by atoms with Gasteiger partial charge in [-0.15, -0.1) is 6.58 Å². The van der Waals surface area contributed by atoms with E-state index < -0.39 is 46.9 Å². The van der Waals surface area contributed by atoms with E-state index in [4.69, 9.17) is 28.9 Å². The highest BCUT2D eigenvalue weighted by atomic mass is 35.5. The zero-order chi connectivity index (χ0) is 31.1. The number of nitriles is 1. The quantitative estimate of drug-likeness (QED) is 0.193. The van der Waals surface area contributed by atoms with Gasteiger partial charge in [-0.05, 0) is 72.1 Å². The van der Waals surface area contributed by atoms with Crippen LogP contribution < -0.4 is 16.4 Å². The van der Waals surface area contributed by atoms with Crippen LogP contribution in [0.1, 0.15) is 40.7 Å². The van der Waals surface area contributed by atoms with Crippen LogP contribution in [0, 0.1) is 23.0 Å². The average molecular weight is 619 g/mol. The van der Waals surface area contributed by atoms with Crippen molar-refractivity contribution in [3.8, 4) is 6.07 Å². The van der Waals surface area contributed by atoms with Gasteiger partial charge in [0.2, 0.25) is 11.8 Å². The van der Waals surface area contributed by atoms with E-state index in [0.717, 1.165) is 16.8 Å². The van der Waals surface area contributed by atoms with Gasteiger partial charge in [0.25, 0.3) is 0 Å². The van der Waals surface area contributed by atoms with E-state index in [1.165, 1.54) is 30.3 Å². The molecule has 5 rings (SSSR count). The summed E-state index contributed by atoms with van der Waals surface area (Å²) in [6.45, 7) is 5.73. The molecule has 43 heavy (non-hydrogen) atoms. The van der Waals surface area contributed by atoms with Crippen molar-refractivity contribution < 1.29 is 18.4 Å². The van der Waals surface area contributed by atoms with E-state index in [0.29, 0.717) is 16.8 Å². The predicted molar refractivity (Wildman–Crippen MR) is 164 cm³/mol. The van der Waals surface area contributed by atoms with Crippen molar-refractivity contribution in [2.45, 2.75) is 36.8 Å². The van der Waals surface area contributed by atoms with Crippen molar-refractivity contribution >= 4 is 51.5 Å². The molecule has 0 saturated carbocycles. The number of hydrogen-bond acceptors (Lipinski definition) is 4. The number of carbonyl (C=O) groups is 2. The van der Waals surface area contributed by atoms with Crippen LogP contribution >= 0.6 is 23.2 Å². The Labute approximate surface area is 257 Å². The molecular formula is C33H26Cl2F2N4O2. The van der Waals surface area contributed by atoms with Crippen molar-refractivity contribution in [1.29, 1.82) is 5.26 Å². The molecule has 0 bridgehead atoms. The molecule has 4 aromatic carbocycles. The number of benzene rings is 4. The van der Waals surface area contributed by atoms with E-state index in [1.807, 2.05) is 0 Å². The number of carbonyl (C=O) groups excluding carboxylic acids is 2. The lowest BCUT2D eigenvalue weighted by Gasteiger charge is -2.35. The molecule has 1 saturated heterocycles. The lowest BCUT2D eigenvalue weighted by molar-refractivity contribution is -0.118. The van der Waals surface area contributed by atoms with Crippen LogP contribution in [0.3, 0.4) is 0 Å². The Morgan fingerprint density at radius 2 is 1.79 bits per heavy atom. The molecule has 0 unspecified atom stereocenters. The molecule has 0 aromatic heterocycles. The summed E-state index contributed by atoms with van der Waals surface area (Å²) >= 11 is 12.2. The zero-order valence-corrected chi connectivity index (χ0v) is 24.4. The summed E-state index contributed by atoms with van der Waals surface area (Å²) in [6.07, 6.45) is 0.191. The Kier molecular flexibility index (Phi) is 8.26. The van der Waals surface area contributed by atoms with Gasteiger partial charge in [0.05, 0.1) is 17.1 Å². The first-order valence-corrected chi connectivity index (χ1v) is 14.1. The minimum absolute atomic E-state index is 0.0160. The Morgan fingerprint density at radius 1 is 1.07 bits per heavy atom. The van der Waals surface area contributed by atoms with Crippen molar-refractivity contribution in [3.05, 3.63) is 123 Å². The SMILES string of the molecule is C=C(C)C[C@@H]1N[C@@H](C(=O)Nc2ccc3cc(C(N)=O)ccc3c2)[C@H](c2cccc(Cl)c2F)[C@@]1(C#N)c1ccc(Cl)cc1F. The lowest BCUT2D eigenvalue weighted by Crippen LogP contribution is -2.43. The molecule has 10 heteroatoms. The number of primary amides is 1. The first kappa shape index (κ1) is 30.2. The maximum Gasteiger partial charge on any atom is 0.248 e. The summed E-state index contributed by atoms with van der Waals surface area (Å²) in [5, 5.41) is 18.3. The molecule has 0 aliphatic carbocycles. The summed E-state index contributed by atoms with van der Waals surface area (Å²) in [6, 6.07) is 18.5. The van der Waals surface area contributed by atoms with Gasteiger partial charge in [0, 0.05) is 33.8 Å². The Bertz CT molecular complexity index is 1840. The van der Waals surface area contributed by atoms with E-state index >= 15 is 8.78 Å². The maximum absolute atomic E-state index is 15.8. The van der Waals surface area contributed by atoms with E-state index in [-0.39, 0.29) is 27.6 Å². The molecule has 2 amide bonds. The molecule has 0 radical (unpaired) electrons. The summed E-state index contributed by atoms with van der Waals surface area (Å²) in [5.74, 6) is -3.92. The van der Waals surface area contributed by atoms with Gasteiger partial charge >= 0.3 is 0 Å². The average Bonchev–Trinajstić information content (AvgIpc) is 3.28. The van der Waals surface area contributed by atoms with Crippen molar-refractivity contribution in [2.75, 3.05) is 5.32 Å². The summed E-state index contributed by atoms with van der Waals surface area (Å²) < 4.78 is 31.4. The summed E-state index contributed by atoms with van der Waals surface area (Å²) in [7, 11) is 0. The third-order valence-electron chi connectivity index (χ3n) is 7.86. The summed E-state index contributed by atoms with van der Waals surface area (Å²) in [4.78, 5) is 25.6. The molecule has 0 spiro atoms. The van der Waals surface area contributed by atoms with Crippen molar-refractivity contribution in [2.24, 2.45) is 5.73 Å². The Balaban J connectivity index is 1.65. The highest BCUT2D eigenvalue weighted by molar-refractivity contribution is 6.31. The van der Waals surface area contributed by atoms with Gasteiger partial charge in [-0.1, -0.05) is 59.1 Å². The van der Waals surface area contributed by atoms with Gasteiger partial charge in [0.15, 0.2) is 0 Å². The largest absolute Gasteiger partial charge is 0.366 e. The molecule has 4 aromatic rings. The third-order valence-corrected chi connectivity index (χ3v) is 8.39. The monoisotopic (exact) mass is 618 g/mol. The number of amides is 2. The van der Waals surface area contributed by atoms with Crippen LogP contribution in [0.5, 0.6) is 0 Å². The minimum Gasteiger partial charge on any atom is -0.366 e. The number of nitrogens with two attached hydrogens (primary N) is 1. The second kappa shape index (κ2) is 11.8. The van der Waals surface area contributed by atoms with Gasteiger partial charge in [0.1, 0.15) is 17.0 Å². The molecule has 1 aliphatic heterocycles. The number of nitrogens with one attached hydrogen (secondary N) is 2. The topological polar surface area (TPSA) is 108 Å². The number of anilines is 1. The van der Waals surface area contributed by atoms with Gasteiger partial charge in [-0.25, -0.2) is 8.78 Å². The molecule has 4 N–H and O–H groups in total. The molecule has 1 aliphatic rings. The van der Waals surface area contributed by atoms with Gasteiger partial charge in [-0.2, -0.15) is 5.26 Å². The van der Waals surface area contributed by atoms with Crippen LogP contribution in [0.4, 0.5) is 14.5 Å². The Hall–Kier alpha value is -4.29. The molecule has 218 valence electrons. The Morgan fingerprint density at radius 3 is 2.47 bits per heavy atom. The normalized spacial score (nSPS) is 21.3. The van der Waals surface area contributed by atoms with Gasteiger partial charge < -0.3 is 16.4 Å². The van der Waals surface area contributed by atoms with Crippen molar-refractivity contribution in [3.63, 3.8) is 0 Å². The lowest BCUT2D eigenvalue weighted by atomic mass is 9.64. The fourth-order valence-electron chi connectivity index (χ4n) is 5.99. The first-order chi connectivity index (χ1) is 20.5. The minimum atomic E-state index is -1.77. The van der Waals surface area contributed by atoms with Crippen LogP contribution in [0.2, 0.25) is 10.0 Å².